The Balaban J connectivity index is 2.55. The minimum atomic E-state index is -0.372. The Labute approximate surface area is 100 Å². The van der Waals surface area contributed by atoms with Crippen molar-refractivity contribution in [2.75, 3.05) is 7.05 Å². The molecular weight excluding hydrogens is 222 g/mol. The second kappa shape index (κ2) is 5.96. The molecule has 2 N–H and O–H groups in total. The van der Waals surface area contributed by atoms with Gasteiger partial charge in [0.2, 0.25) is 5.91 Å². The van der Waals surface area contributed by atoms with Crippen LogP contribution in [-0.2, 0) is 11.3 Å². The lowest BCUT2D eigenvalue weighted by Crippen LogP contribution is -2.41. The number of rotatable bonds is 5. The van der Waals surface area contributed by atoms with E-state index >= 15 is 0 Å². The summed E-state index contributed by atoms with van der Waals surface area (Å²) in [6.07, 6.45) is 1.67. The quantitative estimate of drug-likeness (QED) is 0.850. The Hall–Kier alpha value is -0.940. The molecule has 1 rings (SSSR count). The standard InChI is InChI=1S/C11H19N3OS/c1-4-5-9(12)11(15)14(3)6-10-8(2)13-7-16-10/h7,9H,4-6,12H2,1-3H3/t9-/m1/s1. The van der Waals surface area contributed by atoms with Gasteiger partial charge in [0.15, 0.2) is 0 Å². The Morgan fingerprint density at radius 3 is 2.88 bits per heavy atom. The van der Waals surface area contributed by atoms with E-state index in [2.05, 4.69) is 4.98 Å². The van der Waals surface area contributed by atoms with Crippen LogP contribution in [0.5, 0.6) is 0 Å². The Kier molecular flexibility index (Phi) is 4.89. The van der Waals surface area contributed by atoms with Crippen molar-refractivity contribution in [1.82, 2.24) is 9.88 Å². The molecule has 0 spiro atoms. The van der Waals surface area contributed by atoms with Crippen molar-refractivity contribution in [3.05, 3.63) is 16.1 Å². The molecule has 0 fully saturated rings. The molecular formula is C11H19N3OS. The zero-order valence-electron chi connectivity index (χ0n) is 10.1. The first-order chi connectivity index (χ1) is 7.56. The number of thiazole rings is 1. The molecule has 5 heteroatoms. The number of aromatic nitrogens is 1. The maximum Gasteiger partial charge on any atom is 0.239 e. The van der Waals surface area contributed by atoms with Crippen LogP contribution < -0.4 is 5.73 Å². The molecule has 1 heterocycles. The van der Waals surface area contributed by atoms with Gasteiger partial charge in [-0.05, 0) is 13.3 Å². The zero-order valence-corrected chi connectivity index (χ0v) is 10.9. The average molecular weight is 241 g/mol. The van der Waals surface area contributed by atoms with E-state index in [-0.39, 0.29) is 11.9 Å². The van der Waals surface area contributed by atoms with Crippen molar-refractivity contribution in [3.63, 3.8) is 0 Å². The lowest BCUT2D eigenvalue weighted by Gasteiger charge is -2.20. The summed E-state index contributed by atoms with van der Waals surface area (Å²) >= 11 is 1.57. The second-order valence-corrected chi connectivity index (χ2v) is 4.89. The lowest BCUT2D eigenvalue weighted by molar-refractivity contribution is -0.131. The number of carbonyl (C=O) groups excluding carboxylic acids is 1. The van der Waals surface area contributed by atoms with Crippen molar-refractivity contribution in [2.24, 2.45) is 5.73 Å². The van der Waals surface area contributed by atoms with Crippen LogP contribution in [0.2, 0.25) is 0 Å². The molecule has 0 saturated heterocycles. The van der Waals surface area contributed by atoms with Gasteiger partial charge < -0.3 is 10.6 Å². The maximum absolute atomic E-state index is 11.9. The van der Waals surface area contributed by atoms with Gasteiger partial charge in [-0.3, -0.25) is 4.79 Å². The van der Waals surface area contributed by atoms with Crippen molar-refractivity contribution < 1.29 is 4.79 Å². The molecule has 0 aliphatic carbocycles. The molecule has 90 valence electrons. The highest BCUT2D eigenvalue weighted by molar-refractivity contribution is 7.09. The van der Waals surface area contributed by atoms with Crippen molar-refractivity contribution >= 4 is 17.2 Å². The number of hydrogen-bond acceptors (Lipinski definition) is 4. The summed E-state index contributed by atoms with van der Waals surface area (Å²) in [5.74, 6) is 0.00894. The summed E-state index contributed by atoms with van der Waals surface area (Å²) in [6.45, 7) is 4.59. The fraction of sp³-hybridized carbons (Fsp3) is 0.636. The molecule has 1 aromatic rings. The summed E-state index contributed by atoms with van der Waals surface area (Å²) in [4.78, 5) is 18.8. The van der Waals surface area contributed by atoms with E-state index in [9.17, 15) is 4.79 Å². The average Bonchev–Trinajstić information content (AvgIpc) is 2.63. The fourth-order valence-electron chi connectivity index (χ4n) is 1.49. The third-order valence-electron chi connectivity index (χ3n) is 2.52. The summed E-state index contributed by atoms with van der Waals surface area (Å²) in [5, 5.41) is 0. The van der Waals surface area contributed by atoms with Crippen molar-refractivity contribution in [2.45, 2.75) is 39.3 Å². The summed E-state index contributed by atoms with van der Waals surface area (Å²) < 4.78 is 0. The van der Waals surface area contributed by atoms with E-state index in [4.69, 9.17) is 5.73 Å². The molecule has 0 radical (unpaired) electrons. The molecule has 0 bridgehead atoms. The maximum atomic E-state index is 11.9. The predicted molar refractivity (Wildman–Crippen MR) is 66.2 cm³/mol. The zero-order chi connectivity index (χ0) is 12.1. The van der Waals surface area contributed by atoms with Crippen LogP contribution in [0.15, 0.2) is 5.51 Å². The first-order valence-electron chi connectivity index (χ1n) is 5.45. The Morgan fingerprint density at radius 2 is 2.38 bits per heavy atom. The Morgan fingerprint density at radius 1 is 1.69 bits per heavy atom. The highest BCUT2D eigenvalue weighted by Crippen LogP contribution is 2.14. The van der Waals surface area contributed by atoms with E-state index in [1.54, 1.807) is 28.8 Å². The molecule has 16 heavy (non-hydrogen) atoms. The first-order valence-corrected chi connectivity index (χ1v) is 6.33. The van der Waals surface area contributed by atoms with Gasteiger partial charge in [0.05, 0.1) is 23.8 Å². The molecule has 1 aromatic heterocycles. The highest BCUT2D eigenvalue weighted by atomic mass is 32.1. The Bertz CT molecular complexity index is 351. The largest absolute Gasteiger partial charge is 0.339 e. The molecule has 1 atom stereocenters. The number of amides is 1. The molecule has 0 unspecified atom stereocenters. The number of likely N-dealkylation sites (N-methyl/N-ethyl adjacent to an activating group) is 1. The molecule has 0 aliphatic rings. The third-order valence-corrected chi connectivity index (χ3v) is 3.44. The van der Waals surface area contributed by atoms with Crippen LogP contribution in [-0.4, -0.2) is 28.9 Å². The van der Waals surface area contributed by atoms with E-state index in [1.807, 2.05) is 13.8 Å². The SMILES string of the molecule is CCC[C@@H](N)C(=O)N(C)Cc1scnc1C. The van der Waals surface area contributed by atoms with Gasteiger partial charge in [0.1, 0.15) is 0 Å². The van der Waals surface area contributed by atoms with E-state index in [1.165, 1.54) is 0 Å². The molecule has 0 saturated carbocycles. The summed E-state index contributed by atoms with van der Waals surface area (Å²) in [6, 6.07) is -0.372. The smallest absolute Gasteiger partial charge is 0.239 e. The van der Waals surface area contributed by atoms with Crippen LogP contribution in [0, 0.1) is 6.92 Å². The minimum Gasteiger partial charge on any atom is -0.339 e. The third kappa shape index (κ3) is 3.28. The van der Waals surface area contributed by atoms with Crippen molar-refractivity contribution in [1.29, 1.82) is 0 Å². The number of aryl methyl sites for hydroxylation is 1. The van der Waals surface area contributed by atoms with E-state index in [0.717, 1.165) is 23.4 Å². The number of nitrogens with two attached hydrogens (primary N) is 1. The van der Waals surface area contributed by atoms with E-state index < -0.39 is 0 Å². The van der Waals surface area contributed by atoms with Crippen LogP contribution in [0.3, 0.4) is 0 Å². The van der Waals surface area contributed by atoms with Gasteiger partial charge in [-0.15, -0.1) is 11.3 Å². The molecule has 0 aliphatic heterocycles. The van der Waals surface area contributed by atoms with Gasteiger partial charge in [-0.1, -0.05) is 13.3 Å². The minimum absolute atomic E-state index is 0.00894. The van der Waals surface area contributed by atoms with Gasteiger partial charge in [-0.2, -0.15) is 0 Å². The van der Waals surface area contributed by atoms with Gasteiger partial charge in [0.25, 0.3) is 0 Å². The molecule has 0 aromatic carbocycles. The monoisotopic (exact) mass is 241 g/mol. The van der Waals surface area contributed by atoms with Gasteiger partial charge in [-0.25, -0.2) is 4.98 Å². The van der Waals surface area contributed by atoms with E-state index in [0.29, 0.717) is 6.54 Å². The van der Waals surface area contributed by atoms with Gasteiger partial charge in [0, 0.05) is 11.9 Å². The number of nitrogens with zero attached hydrogens (tertiary/aromatic N) is 2. The normalized spacial score (nSPS) is 12.5. The predicted octanol–water partition coefficient (Wildman–Crippen LogP) is 1.54. The van der Waals surface area contributed by atoms with Crippen LogP contribution in [0.25, 0.3) is 0 Å². The lowest BCUT2D eigenvalue weighted by atomic mass is 10.1. The van der Waals surface area contributed by atoms with Crippen LogP contribution in [0.4, 0.5) is 0 Å². The van der Waals surface area contributed by atoms with Crippen LogP contribution in [0.1, 0.15) is 30.3 Å². The molecule has 1 amide bonds. The summed E-state index contributed by atoms with van der Waals surface area (Å²) in [5.41, 5.74) is 8.59. The van der Waals surface area contributed by atoms with Gasteiger partial charge >= 0.3 is 0 Å². The van der Waals surface area contributed by atoms with Crippen LogP contribution >= 0.6 is 11.3 Å². The number of carbonyl (C=O) groups is 1. The first kappa shape index (κ1) is 13.1. The second-order valence-electron chi connectivity index (χ2n) is 3.95. The topological polar surface area (TPSA) is 59.2 Å². The molecule has 4 nitrogen and oxygen atoms in total. The van der Waals surface area contributed by atoms with Crippen molar-refractivity contribution in [3.8, 4) is 0 Å². The highest BCUT2D eigenvalue weighted by Gasteiger charge is 2.18. The fourth-order valence-corrected chi connectivity index (χ4v) is 2.32. The number of hydrogen-bond donors (Lipinski definition) is 1. The summed E-state index contributed by atoms with van der Waals surface area (Å²) in [7, 11) is 1.79.